The molecule has 1 unspecified atom stereocenters. The van der Waals surface area contributed by atoms with Crippen molar-refractivity contribution in [2.24, 2.45) is 5.92 Å². The van der Waals surface area contributed by atoms with Crippen molar-refractivity contribution in [3.8, 4) is 0 Å². The highest BCUT2D eigenvalue weighted by Crippen LogP contribution is 2.26. The van der Waals surface area contributed by atoms with Crippen LogP contribution in [-0.4, -0.2) is 38.8 Å². The lowest BCUT2D eigenvalue weighted by atomic mass is 9.87. The molecule has 25 heavy (non-hydrogen) atoms. The number of likely N-dealkylation sites (N-methyl/N-ethyl adjacent to an activating group) is 1. The van der Waals surface area contributed by atoms with Crippen LogP contribution in [-0.2, 0) is 11.3 Å². The van der Waals surface area contributed by atoms with Gasteiger partial charge in [0.1, 0.15) is 12.6 Å². The number of carbonyl (C=O) groups is 1. The van der Waals surface area contributed by atoms with Crippen molar-refractivity contribution in [3.63, 3.8) is 0 Å². The van der Waals surface area contributed by atoms with E-state index in [0.717, 1.165) is 24.3 Å². The summed E-state index contributed by atoms with van der Waals surface area (Å²) in [5, 5.41) is 14.7. The Labute approximate surface area is 149 Å². The first-order valence-electron chi connectivity index (χ1n) is 9.05. The van der Waals surface area contributed by atoms with Crippen molar-refractivity contribution in [2.45, 2.75) is 51.3 Å². The number of amides is 1. The summed E-state index contributed by atoms with van der Waals surface area (Å²) in [6, 6.07) is 9.81. The second-order valence-electron chi connectivity index (χ2n) is 7.20. The van der Waals surface area contributed by atoms with E-state index in [4.69, 9.17) is 0 Å². The van der Waals surface area contributed by atoms with Crippen LogP contribution in [0.5, 0.6) is 0 Å². The highest BCUT2D eigenvalue weighted by molar-refractivity contribution is 5.76. The summed E-state index contributed by atoms with van der Waals surface area (Å²) in [7, 11) is 1.90. The van der Waals surface area contributed by atoms with Crippen LogP contribution in [0, 0.1) is 5.92 Å². The molecule has 1 N–H and O–H groups in total. The van der Waals surface area contributed by atoms with Crippen LogP contribution < -0.4 is 0 Å². The highest BCUT2D eigenvalue weighted by atomic mass is 16.3. The molecule has 0 aliphatic heterocycles. The average Bonchev–Trinajstić information content (AvgIpc) is 3.10. The van der Waals surface area contributed by atoms with Gasteiger partial charge in [0.25, 0.3) is 0 Å². The lowest BCUT2D eigenvalue weighted by Crippen LogP contribution is -2.41. The van der Waals surface area contributed by atoms with Crippen LogP contribution in [0.15, 0.2) is 42.7 Å². The number of carbonyl (C=O) groups excluding carboxylic acids is 1. The number of aromatic nitrogens is 2. The highest BCUT2D eigenvalue weighted by Gasteiger charge is 2.25. The third kappa shape index (κ3) is 4.28. The van der Waals surface area contributed by atoms with Gasteiger partial charge < -0.3 is 10.0 Å². The van der Waals surface area contributed by atoms with Gasteiger partial charge in [-0.25, -0.2) is 0 Å². The van der Waals surface area contributed by atoms with Gasteiger partial charge in [-0.3, -0.25) is 9.48 Å². The Morgan fingerprint density at radius 1 is 1.24 bits per heavy atom. The first-order valence-corrected chi connectivity index (χ1v) is 9.05. The molecule has 1 atom stereocenters. The zero-order chi connectivity index (χ0) is 17.8. The fourth-order valence-electron chi connectivity index (χ4n) is 3.52. The van der Waals surface area contributed by atoms with Gasteiger partial charge in [0.05, 0.1) is 6.20 Å². The van der Waals surface area contributed by atoms with E-state index in [1.165, 1.54) is 12.8 Å². The van der Waals surface area contributed by atoms with Gasteiger partial charge in [-0.15, -0.1) is 0 Å². The number of hydrogen-bond acceptors (Lipinski definition) is 3. The van der Waals surface area contributed by atoms with Crippen LogP contribution in [0.3, 0.4) is 0 Å². The molecule has 1 heterocycles. The van der Waals surface area contributed by atoms with E-state index in [1.807, 2.05) is 42.3 Å². The van der Waals surface area contributed by atoms with E-state index in [-0.39, 0.29) is 12.5 Å². The molecule has 1 aromatic heterocycles. The van der Waals surface area contributed by atoms with E-state index < -0.39 is 6.10 Å². The molecule has 1 amide bonds. The molecule has 1 saturated carbocycles. The topological polar surface area (TPSA) is 58.4 Å². The normalized spacial score (nSPS) is 21.7. The minimum atomic E-state index is -0.720. The van der Waals surface area contributed by atoms with E-state index in [1.54, 1.807) is 17.1 Å². The largest absolute Gasteiger partial charge is 0.384 e. The molecule has 1 fully saturated rings. The lowest BCUT2D eigenvalue weighted by Gasteiger charge is -2.33. The smallest absolute Gasteiger partial charge is 0.244 e. The number of rotatable bonds is 5. The maximum Gasteiger partial charge on any atom is 0.244 e. The number of aliphatic hydroxyl groups excluding tert-OH is 1. The minimum Gasteiger partial charge on any atom is -0.384 e. The quantitative estimate of drug-likeness (QED) is 0.909. The molecule has 1 aliphatic rings. The fourth-order valence-corrected chi connectivity index (χ4v) is 3.52. The summed E-state index contributed by atoms with van der Waals surface area (Å²) in [6.07, 6.45) is 7.22. The Bertz CT molecular complexity index is 690. The number of aliphatic hydroxyl groups is 1. The second kappa shape index (κ2) is 7.83. The summed E-state index contributed by atoms with van der Waals surface area (Å²) >= 11 is 0. The molecular weight excluding hydrogens is 314 g/mol. The Morgan fingerprint density at radius 2 is 1.92 bits per heavy atom. The minimum absolute atomic E-state index is 0.0726. The molecule has 0 spiro atoms. The molecular formula is C20H27N3O2. The number of benzene rings is 1. The summed E-state index contributed by atoms with van der Waals surface area (Å²) in [5.74, 6) is 0.844. The van der Waals surface area contributed by atoms with Crippen molar-refractivity contribution in [2.75, 3.05) is 7.05 Å². The van der Waals surface area contributed by atoms with Gasteiger partial charge in [0, 0.05) is 24.8 Å². The van der Waals surface area contributed by atoms with Crippen molar-refractivity contribution < 1.29 is 9.90 Å². The third-order valence-corrected chi connectivity index (χ3v) is 5.31. The Morgan fingerprint density at radius 3 is 2.60 bits per heavy atom. The Kier molecular flexibility index (Phi) is 5.53. The molecule has 134 valence electrons. The van der Waals surface area contributed by atoms with Crippen molar-refractivity contribution in [1.82, 2.24) is 14.7 Å². The molecule has 0 bridgehead atoms. The molecule has 5 heteroatoms. The Hall–Kier alpha value is -2.14. The summed E-state index contributed by atoms with van der Waals surface area (Å²) in [4.78, 5) is 14.4. The first kappa shape index (κ1) is 17.7. The van der Waals surface area contributed by atoms with Gasteiger partial charge >= 0.3 is 0 Å². The monoisotopic (exact) mass is 341 g/mol. The summed E-state index contributed by atoms with van der Waals surface area (Å²) < 4.78 is 1.62. The maximum atomic E-state index is 12.5. The van der Waals surface area contributed by atoms with E-state index >= 15 is 0 Å². The zero-order valence-corrected chi connectivity index (χ0v) is 15.0. The van der Waals surface area contributed by atoms with Gasteiger partial charge in [0.15, 0.2) is 0 Å². The van der Waals surface area contributed by atoms with Gasteiger partial charge in [-0.1, -0.05) is 37.3 Å². The van der Waals surface area contributed by atoms with Gasteiger partial charge in [0.2, 0.25) is 5.91 Å². The second-order valence-corrected chi connectivity index (χ2v) is 7.20. The maximum absolute atomic E-state index is 12.5. The molecule has 1 aliphatic carbocycles. The zero-order valence-electron chi connectivity index (χ0n) is 15.0. The van der Waals surface area contributed by atoms with Crippen LogP contribution >= 0.6 is 0 Å². The molecule has 3 rings (SSSR count). The molecule has 1 aromatic carbocycles. The molecule has 0 radical (unpaired) electrons. The first-order chi connectivity index (χ1) is 12.0. The molecule has 5 nitrogen and oxygen atoms in total. The number of nitrogens with zero attached hydrogens (tertiary/aromatic N) is 3. The predicted octanol–water partition coefficient (Wildman–Crippen LogP) is 3.00. The van der Waals surface area contributed by atoms with Crippen LogP contribution in [0.1, 0.15) is 49.8 Å². The average molecular weight is 341 g/mol. The lowest BCUT2D eigenvalue weighted by molar-refractivity contribution is -0.133. The summed E-state index contributed by atoms with van der Waals surface area (Å²) in [6.45, 7) is 2.49. The third-order valence-electron chi connectivity index (χ3n) is 5.31. The standard InChI is InChI=1S/C20H27N3O2/c1-15-8-10-18(11-9-15)22(2)19(24)14-23-13-17(12-21-23)20(25)16-6-4-3-5-7-16/h3-7,12-13,15,18,20,25H,8-11,14H2,1-2H3. The SMILES string of the molecule is CC1CCC(N(C)C(=O)Cn2cc(C(O)c3ccccc3)cn2)CC1. The van der Waals surface area contributed by atoms with Crippen LogP contribution in [0.4, 0.5) is 0 Å². The van der Waals surface area contributed by atoms with Crippen molar-refractivity contribution in [1.29, 1.82) is 0 Å². The van der Waals surface area contributed by atoms with E-state index in [2.05, 4.69) is 12.0 Å². The van der Waals surface area contributed by atoms with Crippen LogP contribution in [0.2, 0.25) is 0 Å². The number of hydrogen-bond donors (Lipinski definition) is 1. The van der Waals surface area contributed by atoms with Gasteiger partial charge in [-0.05, 0) is 37.2 Å². The van der Waals surface area contributed by atoms with Crippen LogP contribution in [0.25, 0.3) is 0 Å². The fraction of sp³-hybridized carbons (Fsp3) is 0.500. The Balaban J connectivity index is 1.60. The predicted molar refractivity (Wildman–Crippen MR) is 96.9 cm³/mol. The van der Waals surface area contributed by atoms with Crippen molar-refractivity contribution >= 4 is 5.91 Å². The van der Waals surface area contributed by atoms with Gasteiger partial charge in [-0.2, -0.15) is 5.10 Å². The summed E-state index contributed by atoms with van der Waals surface area (Å²) in [5.41, 5.74) is 1.52. The van der Waals surface area contributed by atoms with E-state index in [9.17, 15) is 9.90 Å². The molecule has 2 aromatic rings. The molecule has 0 saturated heterocycles. The van der Waals surface area contributed by atoms with E-state index in [0.29, 0.717) is 11.6 Å². The van der Waals surface area contributed by atoms with Crippen molar-refractivity contribution in [3.05, 3.63) is 53.9 Å².